The smallest absolute Gasteiger partial charge is 0.266 e. The van der Waals surface area contributed by atoms with Crippen molar-refractivity contribution in [3.05, 3.63) is 90.9 Å². The minimum Gasteiger partial charge on any atom is -0.497 e. The number of ether oxygens (including phenoxy) is 2. The van der Waals surface area contributed by atoms with Gasteiger partial charge in [-0.3, -0.25) is 14.2 Å². The second-order valence-corrected chi connectivity index (χ2v) is 10.6. The number of unbranched alkanes of at least 4 members (excludes halogenated alkanes) is 1. The molecule has 0 saturated heterocycles. The normalized spacial score (nSPS) is 11.9. The number of rotatable bonds is 9. The van der Waals surface area contributed by atoms with Crippen LogP contribution in [0, 0.1) is 0 Å². The zero-order valence-electron chi connectivity index (χ0n) is 22.0. The SMILES string of the molecule is CCCCN(C(=O)c1ccc(Cl)c(Cl)c1)C(C)c1nc2ccccc2c(=O)n1-c1cc(OC)cc(OC)c1Br. The fraction of sp³-hybridized carbons (Fsp3) is 0.276. The van der Waals surface area contributed by atoms with Crippen LogP contribution < -0.4 is 15.0 Å². The lowest BCUT2D eigenvalue weighted by Crippen LogP contribution is -2.38. The van der Waals surface area contributed by atoms with E-state index in [1.54, 1.807) is 60.5 Å². The molecule has 7 nitrogen and oxygen atoms in total. The van der Waals surface area contributed by atoms with Crippen LogP contribution in [0.1, 0.15) is 48.9 Å². The Morgan fingerprint density at radius 3 is 2.49 bits per heavy atom. The lowest BCUT2D eigenvalue weighted by molar-refractivity contribution is 0.0678. The van der Waals surface area contributed by atoms with Crippen molar-refractivity contribution in [2.45, 2.75) is 32.7 Å². The average Bonchev–Trinajstić information content (AvgIpc) is 2.94. The Bertz CT molecular complexity index is 1590. The molecule has 1 unspecified atom stereocenters. The number of carbonyl (C=O) groups excluding carboxylic acids is 1. The average molecular weight is 633 g/mol. The highest BCUT2D eigenvalue weighted by molar-refractivity contribution is 9.10. The summed E-state index contributed by atoms with van der Waals surface area (Å²) in [5.74, 6) is 1.13. The van der Waals surface area contributed by atoms with Crippen molar-refractivity contribution in [1.82, 2.24) is 14.5 Å². The summed E-state index contributed by atoms with van der Waals surface area (Å²) >= 11 is 15.9. The van der Waals surface area contributed by atoms with Crippen LogP contribution in [0.25, 0.3) is 16.6 Å². The molecule has 3 aromatic carbocycles. The number of fused-ring (bicyclic) bond motifs is 1. The summed E-state index contributed by atoms with van der Waals surface area (Å²) in [5.41, 5.74) is 1.12. The van der Waals surface area contributed by atoms with Gasteiger partial charge in [0.2, 0.25) is 0 Å². The molecule has 4 rings (SSSR count). The molecule has 204 valence electrons. The number of para-hydroxylation sites is 1. The van der Waals surface area contributed by atoms with Crippen LogP contribution in [0.15, 0.2) is 63.9 Å². The lowest BCUT2D eigenvalue weighted by Gasteiger charge is -2.31. The van der Waals surface area contributed by atoms with Gasteiger partial charge < -0.3 is 14.4 Å². The summed E-state index contributed by atoms with van der Waals surface area (Å²) in [6, 6.07) is 14.8. The number of aromatic nitrogens is 2. The van der Waals surface area contributed by atoms with E-state index in [2.05, 4.69) is 22.9 Å². The lowest BCUT2D eigenvalue weighted by atomic mass is 10.1. The molecule has 0 bridgehead atoms. The number of methoxy groups -OCH3 is 2. The van der Waals surface area contributed by atoms with E-state index < -0.39 is 6.04 Å². The predicted octanol–water partition coefficient (Wildman–Crippen LogP) is 7.48. The summed E-state index contributed by atoms with van der Waals surface area (Å²) in [7, 11) is 3.08. The molecule has 0 aliphatic rings. The summed E-state index contributed by atoms with van der Waals surface area (Å²) in [4.78, 5) is 34.5. The summed E-state index contributed by atoms with van der Waals surface area (Å²) in [6.07, 6.45) is 1.63. The number of halogens is 3. The van der Waals surface area contributed by atoms with Gasteiger partial charge in [0.15, 0.2) is 0 Å². The van der Waals surface area contributed by atoms with E-state index in [4.69, 9.17) is 37.7 Å². The standard InChI is InChI=1S/C29H28BrCl2N3O4/c1-5-6-13-34(28(36)18-11-12-21(31)22(32)14-18)17(2)27-33-23-10-8-7-9-20(23)29(37)35(27)24-15-19(38-3)16-25(39-4)26(24)30/h7-12,14-17H,5-6,13H2,1-4H3. The van der Waals surface area contributed by atoms with Crippen molar-refractivity contribution in [1.29, 1.82) is 0 Å². The zero-order chi connectivity index (χ0) is 28.3. The molecule has 1 heterocycles. The van der Waals surface area contributed by atoms with E-state index in [0.29, 0.717) is 60.5 Å². The van der Waals surface area contributed by atoms with Crippen molar-refractivity contribution in [3.8, 4) is 17.2 Å². The molecule has 0 saturated carbocycles. The molecule has 1 atom stereocenters. The Hall–Kier alpha value is -3.07. The molecule has 1 aromatic heterocycles. The molecular weight excluding hydrogens is 605 g/mol. The maximum atomic E-state index is 14.0. The fourth-order valence-corrected chi connectivity index (χ4v) is 5.25. The molecule has 4 aromatic rings. The third-order valence-electron chi connectivity index (χ3n) is 6.51. The third-order valence-corrected chi connectivity index (χ3v) is 8.05. The van der Waals surface area contributed by atoms with Gasteiger partial charge >= 0.3 is 0 Å². The predicted molar refractivity (Wildman–Crippen MR) is 159 cm³/mol. The van der Waals surface area contributed by atoms with Crippen molar-refractivity contribution in [2.24, 2.45) is 0 Å². The minimum absolute atomic E-state index is 0.245. The molecule has 0 radical (unpaired) electrons. The molecule has 1 amide bonds. The zero-order valence-corrected chi connectivity index (χ0v) is 25.1. The fourth-order valence-electron chi connectivity index (χ4n) is 4.38. The number of amides is 1. The van der Waals surface area contributed by atoms with E-state index in [1.165, 1.54) is 11.7 Å². The molecule has 0 spiro atoms. The first-order chi connectivity index (χ1) is 18.7. The molecule has 0 aliphatic carbocycles. The van der Waals surface area contributed by atoms with Crippen LogP contribution in [0.4, 0.5) is 0 Å². The van der Waals surface area contributed by atoms with E-state index in [0.717, 1.165) is 12.8 Å². The Labute approximate surface area is 245 Å². The maximum absolute atomic E-state index is 14.0. The first-order valence-electron chi connectivity index (χ1n) is 12.4. The Morgan fingerprint density at radius 1 is 1.08 bits per heavy atom. The summed E-state index contributed by atoms with van der Waals surface area (Å²) < 4.78 is 13.1. The van der Waals surface area contributed by atoms with E-state index in [9.17, 15) is 9.59 Å². The van der Waals surface area contributed by atoms with E-state index >= 15 is 0 Å². The number of nitrogens with zero attached hydrogens (tertiary/aromatic N) is 3. The topological polar surface area (TPSA) is 73.7 Å². The van der Waals surface area contributed by atoms with Crippen LogP contribution in [0.3, 0.4) is 0 Å². The van der Waals surface area contributed by atoms with Crippen LogP contribution in [0.2, 0.25) is 10.0 Å². The van der Waals surface area contributed by atoms with E-state index in [-0.39, 0.29) is 11.5 Å². The van der Waals surface area contributed by atoms with Crippen LogP contribution in [0.5, 0.6) is 11.5 Å². The quantitative estimate of drug-likeness (QED) is 0.191. The molecule has 0 N–H and O–H groups in total. The van der Waals surface area contributed by atoms with Crippen molar-refractivity contribution in [2.75, 3.05) is 20.8 Å². The highest BCUT2D eigenvalue weighted by atomic mass is 79.9. The molecule has 0 aliphatic heterocycles. The highest BCUT2D eigenvalue weighted by Gasteiger charge is 2.29. The number of carbonyl (C=O) groups is 1. The third kappa shape index (κ3) is 5.78. The van der Waals surface area contributed by atoms with Gasteiger partial charge in [-0.1, -0.05) is 48.7 Å². The Kier molecular flexibility index (Phi) is 9.20. The second kappa shape index (κ2) is 12.4. The van der Waals surface area contributed by atoms with Crippen LogP contribution >= 0.6 is 39.1 Å². The van der Waals surface area contributed by atoms with Crippen molar-refractivity contribution >= 4 is 55.9 Å². The summed E-state index contributed by atoms with van der Waals surface area (Å²) in [6.45, 7) is 4.36. The van der Waals surface area contributed by atoms with Crippen molar-refractivity contribution < 1.29 is 14.3 Å². The number of hydrogen-bond donors (Lipinski definition) is 0. The largest absolute Gasteiger partial charge is 0.497 e. The highest BCUT2D eigenvalue weighted by Crippen LogP contribution is 2.37. The Morgan fingerprint density at radius 2 is 1.82 bits per heavy atom. The maximum Gasteiger partial charge on any atom is 0.266 e. The first-order valence-corrected chi connectivity index (χ1v) is 14.0. The number of hydrogen-bond acceptors (Lipinski definition) is 5. The minimum atomic E-state index is -0.597. The number of benzene rings is 3. The second-order valence-electron chi connectivity index (χ2n) is 8.95. The van der Waals surface area contributed by atoms with Gasteiger partial charge in [-0.05, 0) is 59.6 Å². The van der Waals surface area contributed by atoms with Gasteiger partial charge in [-0.2, -0.15) is 0 Å². The van der Waals surface area contributed by atoms with Gasteiger partial charge in [0, 0.05) is 24.2 Å². The van der Waals surface area contributed by atoms with Crippen LogP contribution in [-0.4, -0.2) is 41.1 Å². The molecular formula is C29H28BrCl2N3O4. The summed E-state index contributed by atoms with van der Waals surface area (Å²) in [5, 5.41) is 1.10. The first kappa shape index (κ1) is 28.9. The van der Waals surface area contributed by atoms with Gasteiger partial charge in [0.1, 0.15) is 17.3 Å². The molecule has 39 heavy (non-hydrogen) atoms. The van der Waals surface area contributed by atoms with Gasteiger partial charge in [0.05, 0.1) is 51.4 Å². The van der Waals surface area contributed by atoms with Gasteiger partial charge in [0.25, 0.3) is 11.5 Å². The Balaban J connectivity index is 1.98. The van der Waals surface area contributed by atoms with E-state index in [1.807, 2.05) is 13.0 Å². The molecule has 10 heteroatoms. The van der Waals surface area contributed by atoms with Crippen molar-refractivity contribution in [3.63, 3.8) is 0 Å². The van der Waals surface area contributed by atoms with Crippen LogP contribution in [-0.2, 0) is 0 Å². The molecule has 0 fully saturated rings. The monoisotopic (exact) mass is 631 g/mol. The van der Waals surface area contributed by atoms with Gasteiger partial charge in [-0.25, -0.2) is 4.98 Å². The van der Waals surface area contributed by atoms with Gasteiger partial charge in [-0.15, -0.1) is 0 Å².